The van der Waals surface area contributed by atoms with Crippen LogP contribution in [0.25, 0.3) is 0 Å². The SMILES string of the molecule is CCC(C)C1OCC2(CO1)COC(C(C)CC)OC2. The lowest BCUT2D eigenvalue weighted by atomic mass is 9.89. The van der Waals surface area contributed by atoms with E-state index in [0.717, 1.165) is 12.8 Å². The van der Waals surface area contributed by atoms with E-state index >= 15 is 0 Å². The van der Waals surface area contributed by atoms with Gasteiger partial charge in [-0.1, -0.05) is 27.7 Å². The molecule has 2 saturated heterocycles. The molecule has 2 rings (SSSR count). The molecule has 4 heteroatoms. The van der Waals surface area contributed by atoms with Crippen molar-refractivity contribution in [3.8, 4) is 0 Å². The molecule has 2 atom stereocenters. The first-order valence-corrected chi connectivity index (χ1v) is 7.56. The zero-order chi connectivity index (χ0) is 13.9. The van der Waals surface area contributed by atoms with Gasteiger partial charge >= 0.3 is 0 Å². The van der Waals surface area contributed by atoms with Gasteiger partial charge in [-0.05, 0) is 12.8 Å². The van der Waals surface area contributed by atoms with Crippen molar-refractivity contribution in [2.24, 2.45) is 17.3 Å². The Kier molecular flexibility index (Phi) is 5.23. The van der Waals surface area contributed by atoms with Gasteiger partial charge in [0.25, 0.3) is 0 Å². The quantitative estimate of drug-likeness (QED) is 0.788. The Bertz CT molecular complexity index is 234. The highest BCUT2D eigenvalue weighted by Crippen LogP contribution is 2.33. The summed E-state index contributed by atoms with van der Waals surface area (Å²) in [6.07, 6.45) is 2.01. The predicted octanol–water partition coefficient (Wildman–Crippen LogP) is 2.81. The summed E-state index contributed by atoms with van der Waals surface area (Å²) >= 11 is 0. The van der Waals surface area contributed by atoms with Gasteiger partial charge < -0.3 is 18.9 Å². The van der Waals surface area contributed by atoms with E-state index in [1.54, 1.807) is 0 Å². The fourth-order valence-electron chi connectivity index (χ4n) is 2.42. The molecular weight excluding hydrogens is 244 g/mol. The molecule has 0 aromatic heterocycles. The Morgan fingerprint density at radius 2 is 1.11 bits per heavy atom. The summed E-state index contributed by atoms with van der Waals surface area (Å²) in [6.45, 7) is 11.3. The van der Waals surface area contributed by atoms with E-state index in [9.17, 15) is 0 Å². The molecule has 0 aromatic rings. The van der Waals surface area contributed by atoms with Gasteiger partial charge in [0, 0.05) is 11.8 Å². The van der Waals surface area contributed by atoms with Gasteiger partial charge in [0.15, 0.2) is 12.6 Å². The van der Waals surface area contributed by atoms with Crippen LogP contribution in [0.2, 0.25) is 0 Å². The van der Waals surface area contributed by atoms with Gasteiger partial charge in [0.2, 0.25) is 0 Å². The average Bonchev–Trinajstić information content (AvgIpc) is 2.47. The van der Waals surface area contributed by atoms with E-state index in [0.29, 0.717) is 38.3 Å². The molecule has 112 valence electrons. The molecule has 2 heterocycles. The highest BCUT2D eigenvalue weighted by atomic mass is 16.7. The normalized spacial score (nSPS) is 39.2. The molecule has 0 amide bonds. The minimum absolute atomic E-state index is 0.0667. The van der Waals surface area contributed by atoms with Crippen LogP contribution in [-0.4, -0.2) is 39.0 Å². The maximum absolute atomic E-state index is 5.86. The third-order valence-corrected chi connectivity index (χ3v) is 4.43. The number of hydrogen-bond donors (Lipinski definition) is 0. The highest BCUT2D eigenvalue weighted by Gasteiger charge is 2.43. The molecule has 0 radical (unpaired) electrons. The number of hydrogen-bond acceptors (Lipinski definition) is 4. The molecular formula is C15H28O4. The summed E-state index contributed by atoms with van der Waals surface area (Å²) in [5.41, 5.74) is -0.103. The lowest BCUT2D eigenvalue weighted by molar-refractivity contribution is -0.317. The Balaban J connectivity index is 1.81. The van der Waals surface area contributed by atoms with E-state index in [1.807, 2.05) is 0 Å². The second kappa shape index (κ2) is 6.53. The van der Waals surface area contributed by atoms with Crippen molar-refractivity contribution in [2.45, 2.75) is 53.1 Å². The summed E-state index contributed by atoms with van der Waals surface area (Å²) < 4.78 is 23.5. The summed E-state index contributed by atoms with van der Waals surface area (Å²) in [5.74, 6) is 0.881. The van der Waals surface area contributed by atoms with Crippen LogP contribution < -0.4 is 0 Å². The zero-order valence-corrected chi connectivity index (χ0v) is 12.7. The zero-order valence-electron chi connectivity index (χ0n) is 12.7. The van der Waals surface area contributed by atoms with E-state index in [-0.39, 0.29) is 18.0 Å². The van der Waals surface area contributed by atoms with Gasteiger partial charge in [-0.25, -0.2) is 0 Å². The standard InChI is InChI=1S/C15H28O4/c1-5-11(3)13-16-7-15(8-17-13)9-18-14(19-10-15)12(4)6-2/h11-14H,5-10H2,1-4H3. The van der Waals surface area contributed by atoms with Crippen LogP contribution in [0.5, 0.6) is 0 Å². The van der Waals surface area contributed by atoms with Crippen molar-refractivity contribution in [1.82, 2.24) is 0 Å². The van der Waals surface area contributed by atoms with Crippen LogP contribution >= 0.6 is 0 Å². The van der Waals surface area contributed by atoms with Gasteiger partial charge in [0.1, 0.15) is 0 Å². The summed E-state index contributed by atoms with van der Waals surface area (Å²) in [4.78, 5) is 0. The fraction of sp³-hybridized carbons (Fsp3) is 1.00. The first-order chi connectivity index (χ1) is 9.10. The maximum Gasteiger partial charge on any atom is 0.160 e. The average molecular weight is 272 g/mol. The van der Waals surface area contributed by atoms with E-state index < -0.39 is 0 Å². The minimum Gasteiger partial charge on any atom is -0.352 e. The molecule has 2 aliphatic rings. The lowest BCUT2D eigenvalue weighted by Crippen LogP contribution is -2.53. The topological polar surface area (TPSA) is 36.9 Å². The Morgan fingerprint density at radius 3 is 1.37 bits per heavy atom. The van der Waals surface area contributed by atoms with Crippen LogP contribution in [0.3, 0.4) is 0 Å². The Morgan fingerprint density at radius 1 is 0.789 bits per heavy atom. The van der Waals surface area contributed by atoms with Crippen LogP contribution in [0.4, 0.5) is 0 Å². The van der Waals surface area contributed by atoms with Crippen LogP contribution in [0.15, 0.2) is 0 Å². The van der Waals surface area contributed by atoms with Crippen molar-refractivity contribution in [2.75, 3.05) is 26.4 Å². The van der Waals surface area contributed by atoms with Gasteiger partial charge in [-0.2, -0.15) is 0 Å². The molecule has 2 aliphatic heterocycles. The molecule has 2 unspecified atom stereocenters. The summed E-state index contributed by atoms with van der Waals surface area (Å²) in [6, 6.07) is 0. The van der Waals surface area contributed by atoms with Crippen molar-refractivity contribution < 1.29 is 18.9 Å². The molecule has 0 saturated carbocycles. The summed E-state index contributed by atoms with van der Waals surface area (Å²) in [5, 5.41) is 0. The van der Waals surface area contributed by atoms with Crippen molar-refractivity contribution >= 4 is 0 Å². The monoisotopic (exact) mass is 272 g/mol. The molecule has 4 nitrogen and oxygen atoms in total. The lowest BCUT2D eigenvalue weighted by Gasteiger charge is -2.45. The van der Waals surface area contributed by atoms with Crippen LogP contribution in [-0.2, 0) is 18.9 Å². The van der Waals surface area contributed by atoms with Crippen LogP contribution in [0.1, 0.15) is 40.5 Å². The first kappa shape index (κ1) is 15.2. The van der Waals surface area contributed by atoms with Gasteiger partial charge in [-0.3, -0.25) is 0 Å². The highest BCUT2D eigenvalue weighted by molar-refractivity contribution is 4.85. The minimum atomic E-state index is -0.103. The van der Waals surface area contributed by atoms with Crippen LogP contribution in [0, 0.1) is 17.3 Å². The molecule has 0 aliphatic carbocycles. The Hall–Kier alpha value is -0.160. The number of rotatable bonds is 4. The molecule has 0 aromatic carbocycles. The molecule has 2 fully saturated rings. The predicted molar refractivity (Wildman–Crippen MR) is 72.7 cm³/mol. The molecule has 1 spiro atoms. The van der Waals surface area contributed by atoms with E-state index in [1.165, 1.54) is 0 Å². The van der Waals surface area contributed by atoms with E-state index in [2.05, 4.69) is 27.7 Å². The van der Waals surface area contributed by atoms with Crippen molar-refractivity contribution in [3.05, 3.63) is 0 Å². The fourth-order valence-corrected chi connectivity index (χ4v) is 2.42. The first-order valence-electron chi connectivity index (χ1n) is 7.56. The third-order valence-electron chi connectivity index (χ3n) is 4.43. The Labute approximate surface area is 116 Å². The van der Waals surface area contributed by atoms with Gasteiger partial charge in [0.05, 0.1) is 31.8 Å². The van der Waals surface area contributed by atoms with Crippen molar-refractivity contribution in [3.63, 3.8) is 0 Å². The number of ether oxygens (including phenoxy) is 4. The molecule has 19 heavy (non-hydrogen) atoms. The second-order valence-corrected chi connectivity index (χ2v) is 6.25. The third kappa shape index (κ3) is 3.48. The summed E-state index contributed by atoms with van der Waals surface area (Å²) in [7, 11) is 0. The maximum atomic E-state index is 5.86. The molecule has 0 N–H and O–H groups in total. The largest absolute Gasteiger partial charge is 0.352 e. The second-order valence-electron chi connectivity index (χ2n) is 6.25. The molecule has 0 bridgehead atoms. The van der Waals surface area contributed by atoms with Crippen molar-refractivity contribution in [1.29, 1.82) is 0 Å². The van der Waals surface area contributed by atoms with E-state index in [4.69, 9.17) is 18.9 Å². The smallest absolute Gasteiger partial charge is 0.160 e. The van der Waals surface area contributed by atoms with Gasteiger partial charge in [-0.15, -0.1) is 0 Å².